The molecule has 0 atom stereocenters. The van der Waals surface area contributed by atoms with Gasteiger partial charge in [0.2, 0.25) is 0 Å². The molecule has 0 aliphatic carbocycles. The standard InChI is InChI=1S/C17H25NO5/c1-17(2,9-8-15(19)20)18-16(21)13-6-4-7-14(12-13)23-11-5-10-22-3/h4,6-7,12H,5,8-11H2,1-3H3,(H,18,21)(H,19,20). The van der Waals surface area contributed by atoms with Crippen LogP contribution in [0.5, 0.6) is 5.75 Å². The van der Waals surface area contributed by atoms with Gasteiger partial charge in [-0.05, 0) is 38.5 Å². The van der Waals surface area contributed by atoms with Crippen molar-refractivity contribution in [3.63, 3.8) is 0 Å². The van der Waals surface area contributed by atoms with Gasteiger partial charge in [0.15, 0.2) is 0 Å². The molecule has 2 N–H and O–H groups in total. The molecule has 0 aromatic heterocycles. The summed E-state index contributed by atoms with van der Waals surface area (Å²) < 4.78 is 10.5. The molecule has 0 aliphatic rings. The fourth-order valence-electron chi connectivity index (χ4n) is 1.98. The Balaban J connectivity index is 2.60. The predicted molar refractivity (Wildman–Crippen MR) is 86.8 cm³/mol. The number of carboxylic acid groups (broad SMARTS) is 1. The van der Waals surface area contributed by atoms with E-state index in [1.807, 2.05) is 0 Å². The Kier molecular flexibility index (Phi) is 7.54. The monoisotopic (exact) mass is 323 g/mol. The van der Waals surface area contributed by atoms with Crippen LogP contribution in [-0.2, 0) is 9.53 Å². The van der Waals surface area contributed by atoms with Crippen LogP contribution < -0.4 is 10.1 Å². The van der Waals surface area contributed by atoms with Gasteiger partial charge in [-0.2, -0.15) is 0 Å². The number of ether oxygens (including phenoxy) is 2. The molecule has 6 nitrogen and oxygen atoms in total. The topological polar surface area (TPSA) is 84.9 Å². The second kappa shape index (κ2) is 9.15. The number of methoxy groups -OCH3 is 1. The van der Waals surface area contributed by atoms with Crippen LogP contribution in [0.3, 0.4) is 0 Å². The lowest BCUT2D eigenvalue weighted by Crippen LogP contribution is -2.43. The normalized spacial score (nSPS) is 11.1. The first kappa shape index (κ1) is 19.0. The molecule has 128 valence electrons. The zero-order chi connectivity index (χ0) is 17.3. The van der Waals surface area contributed by atoms with Crippen LogP contribution in [0.2, 0.25) is 0 Å². The van der Waals surface area contributed by atoms with Crippen molar-refractivity contribution in [1.82, 2.24) is 5.32 Å². The average molecular weight is 323 g/mol. The summed E-state index contributed by atoms with van der Waals surface area (Å²) in [5, 5.41) is 11.6. The van der Waals surface area contributed by atoms with Gasteiger partial charge < -0.3 is 19.9 Å². The number of carboxylic acids is 1. The molecule has 0 saturated heterocycles. The zero-order valence-electron chi connectivity index (χ0n) is 13.9. The van der Waals surface area contributed by atoms with Crippen LogP contribution in [0.4, 0.5) is 0 Å². The number of benzene rings is 1. The smallest absolute Gasteiger partial charge is 0.303 e. The number of hydrogen-bond acceptors (Lipinski definition) is 4. The summed E-state index contributed by atoms with van der Waals surface area (Å²) in [6.07, 6.45) is 1.15. The summed E-state index contributed by atoms with van der Waals surface area (Å²) >= 11 is 0. The van der Waals surface area contributed by atoms with E-state index in [1.165, 1.54) is 0 Å². The number of carbonyl (C=O) groups is 2. The van der Waals surface area contributed by atoms with Crippen LogP contribution in [0.15, 0.2) is 24.3 Å². The van der Waals surface area contributed by atoms with Gasteiger partial charge in [0.25, 0.3) is 5.91 Å². The summed E-state index contributed by atoms with van der Waals surface area (Å²) in [6, 6.07) is 6.92. The van der Waals surface area contributed by atoms with Gasteiger partial charge in [-0.1, -0.05) is 6.07 Å². The van der Waals surface area contributed by atoms with E-state index in [0.29, 0.717) is 30.9 Å². The second-order valence-electron chi connectivity index (χ2n) is 5.95. The summed E-state index contributed by atoms with van der Waals surface area (Å²) in [6.45, 7) is 4.75. The highest BCUT2D eigenvalue weighted by atomic mass is 16.5. The van der Waals surface area contributed by atoms with Gasteiger partial charge in [-0.15, -0.1) is 0 Å². The molecule has 0 bridgehead atoms. The highest BCUT2D eigenvalue weighted by molar-refractivity contribution is 5.95. The van der Waals surface area contributed by atoms with Crippen molar-refractivity contribution in [3.8, 4) is 5.75 Å². The van der Waals surface area contributed by atoms with E-state index in [9.17, 15) is 9.59 Å². The van der Waals surface area contributed by atoms with E-state index < -0.39 is 11.5 Å². The van der Waals surface area contributed by atoms with Crippen molar-refractivity contribution < 1.29 is 24.2 Å². The highest BCUT2D eigenvalue weighted by Gasteiger charge is 2.22. The molecule has 23 heavy (non-hydrogen) atoms. The third-order valence-corrected chi connectivity index (χ3v) is 3.27. The van der Waals surface area contributed by atoms with Gasteiger partial charge in [0.05, 0.1) is 6.61 Å². The maximum Gasteiger partial charge on any atom is 0.303 e. The van der Waals surface area contributed by atoms with E-state index in [-0.39, 0.29) is 12.3 Å². The van der Waals surface area contributed by atoms with Crippen LogP contribution >= 0.6 is 0 Å². The van der Waals surface area contributed by atoms with Gasteiger partial charge >= 0.3 is 5.97 Å². The first-order valence-electron chi connectivity index (χ1n) is 7.60. The first-order chi connectivity index (χ1) is 10.8. The number of hydrogen-bond donors (Lipinski definition) is 2. The largest absolute Gasteiger partial charge is 0.493 e. The Morgan fingerprint density at radius 2 is 2.00 bits per heavy atom. The minimum Gasteiger partial charge on any atom is -0.493 e. The van der Waals surface area contributed by atoms with Crippen molar-refractivity contribution in [2.24, 2.45) is 0 Å². The molecule has 0 aliphatic heterocycles. The quantitative estimate of drug-likeness (QED) is 0.646. The molecule has 1 aromatic carbocycles. The molecule has 6 heteroatoms. The maximum atomic E-state index is 12.3. The summed E-state index contributed by atoms with van der Waals surface area (Å²) in [7, 11) is 1.64. The Morgan fingerprint density at radius 1 is 1.26 bits per heavy atom. The van der Waals surface area contributed by atoms with E-state index in [0.717, 1.165) is 6.42 Å². The molecule has 0 radical (unpaired) electrons. The summed E-state index contributed by atoms with van der Waals surface area (Å²) in [5.74, 6) is -0.501. The van der Waals surface area contributed by atoms with Crippen molar-refractivity contribution in [3.05, 3.63) is 29.8 Å². The van der Waals surface area contributed by atoms with E-state index in [2.05, 4.69) is 5.32 Å². The molecular formula is C17H25NO5. The van der Waals surface area contributed by atoms with Crippen LogP contribution in [0, 0.1) is 0 Å². The molecule has 0 spiro atoms. The molecule has 1 rings (SSSR count). The highest BCUT2D eigenvalue weighted by Crippen LogP contribution is 2.16. The lowest BCUT2D eigenvalue weighted by Gasteiger charge is -2.25. The fourth-order valence-corrected chi connectivity index (χ4v) is 1.98. The second-order valence-corrected chi connectivity index (χ2v) is 5.95. The van der Waals surface area contributed by atoms with Crippen LogP contribution in [0.25, 0.3) is 0 Å². The third-order valence-electron chi connectivity index (χ3n) is 3.27. The molecular weight excluding hydrogens is 298 g/mol. The van der Waals surface area contributed by atoms with Gasteiger partial charge in [-0.3, -0.25) is 9.59 Å². The zero-order valence-corrected chi connectivity index (χ0v) is 13.9. The lowest BCUT2D eigenvalue weighted by atomic mass is 9.97. The average Bonchev–Trinajstić information content (AvgIpc) is 2.50. The van der Waals surface area contributed by atoms with E-state index in [4.69, 9.17) is 14.6 Å². The molecule has 0 unspecified atom stereocenters. The Bertz CT molecular complexity index is 527. The predicted octanol–water partition coefficient (Wildman–Crippen LogP) is 2.48. The van der Waals surface area contributed by atoms with Gasteiger partial charge in [0.1, 0.15) is 5.75 Å². The molecule has 0 fully saturated rings. The Hall–Kier alpha value is -2.08. The third kappa shape index (κ3) is 7.65. The number of rotatable bonds is 10. The summed E-state index contributed by atoms with van der Waals surface area (Å²) in [4.78, 5) is 23.0. The minimum atomic E-state index is -0.876. The van der Waals surface area contributed by atoms with Gasteiger partial charge in [0, 0.05) is 37.7 Å². The first-order valence-corrected chi connectivity index (χ1v) is 7.60. The SMILES string of the molecule is COCCCOc1cccc(C(=O)NC(C)(C)CCC(=O)O)c1. The van der Waals surface area contributed by atoms with Crippen molar-refractivity contribution in [1.29, 1.82) is 0 Å². The molecule has 0 heterocycles. The Morgan fingerprint density at radius 3 is 2.65 bits per heavy atom. The fraction of sp³-hybridized carbons (Fsp3) is 0.529. The summed E-state index contributed by atoms with van der Waals surface area (Å²) in [5.41, 5.74) is -0.109. The molecule has 0 saturated carbocycles. The number of carbonyl (C=O) groups excluding carboxylic acids is 1. The number of amides is 1. The molecule has 1 aromatic rings. The van der Waals surface area contributed by atoms with E-state index >= 15 is 0 Å². The van der Waals surface area contributed by atoms with Gasteiger partial charge in [-0.25, -0.2) is 0 Å². The van der Waals surface area contributed by atoms with Crippen LogP contribution in [-0.4, -0.2) is 42.8 Å². The number of aliphatic carboxylic acids is 1. The van der Waals surface area contributed by atoms with Crippen molar-refractivity contribution in [2.45, 2.75) is 38.6 Å². The van der Waals surface area contributed by atoms with E-state index in [1.54, 1.807) is 45.2 Å². The Labute approximate surface area is 136 Å². The minimum absolute atomic E-state index is 0.00985. The lowest BCUT2D eigenvalue weighted by molar-refractivity contribution is -0.137. The van der Waals surface area contributed by atoms with Crippen molar-refractivity contribution in [2.75, 3.05) is 20.3 Å². The van der Waals surface area contributed by atoms with Crippen LogP contribution in [0.1, 0.15) is 43.5 Å². The molecule has 1 amide bonds. The van der Waals surface area contributed by atoms with Crippen molar-refractivity contribution >= 4 is 11.9 Å². The maximum absolute atomic E-state index is 12.3. The number of nitrogens with one attached hydrogen (secondary N) is 1.